The number of amidine groups is 1. The van der Waals surface area contributed by atoms with Crippen molar-refractivity contribution in [1.29, 1.82) is 0 Å². The van der Waals surface area contributed by atoms with Gasteiger partial charge in [0.15, 0.2) is 5.17 Å². The van der Waals surface area contributed by atoms with E-state index in [0.717, 1.165) is 16.8 Å². The number of hydrogen-bond donors (Lipinski definition) is 1. The zero-order valence-corrected chi connectivity index (χ0v) is 18.7. The molecule has 2 amide bonds. The standard InChI is InChI=1S/C24H23N5O2S/c1-17-19(15-28(2)27-17)13-21-23(31)29(20-11-7-4-8-12-20)24(26-21)32-16-22(30)25-14-18-9-5-3-6-10-18/h3-13,15H,14,16H2,1-2H3,(H,25,30). The van der Waals surface area contributed by atoms with Crippen LogP contribution in [0.5, 0.6) is 0 Å². The van der Waals surface area contributed by atoms with E-state index in [-0.39, 0.29) is 17.6 Å². The average molecular weight is 446 g/mol. The van der Waals surface area contributed by atoms with Gasteiger partial charge in [0.2, 0.25) is 5.91 Å². The third-order valence-electron chi connectivity index (χ3n) is 4.85. The highest BCUT2D eigenvalue weighted by molar-refractivity contribution is 8.14. The number of aliphatic imine (C=N–C) groups is 1. The lowest BCUT2D eigenvalue weighted by Gasteiger charge is -2.17. The first kappa shape index (κ1) is 21.6. The minimum absolute atomic E-state index is 0.123. The normalized spacial score (nSPS) is 14.7. The minimum atomic E-state index is -0.230. The van der Waals surface area contributed by atoms with Crippen molar-refractivity contribution in [3.05, 3.63) is 89.4 Å². The van der Waals surface area contributed by atoms with Crippen molar-refractivity contribution in [3.8, 4) is 0 Å². The highest BCUT2D eigenvalue weighted by atomic mass is 32.2. The van der Waals surface area contributed by atoms with E-state index in [9.17, 15) is 9.59 Å². The highest BCUT2D eigenvalue weighted by Gasteiger charge is 2.32. The van der Waals surface area contributed by atoms with Crippen molar-refractivity contribution in [2.45, 2.75) is 13.5 Å². The van der Waals surface area contributed by atoms with E-state index in [1.807, 2.05) is 80.8 Å². The predicted molar refractivity (Wildman–Crippen MR) is 128 cm³/mol. The van der Waals surface area contributed by atoms with Crippen LogP contribution >= 0.6 is 11.8 Å². The van der Waals surface area contributed by atoms with Gasteiger partial charge < -0.3 is 5.32 Å². The van der Waals surface area contributed by atoms with Crippen LogP contribution in [0.4, 0.5) is 5.69 Å². The zero-order chi connectivity index (χ0) is 22.5. The first-order valence-electron chi connectivity index (χ1n) is 10.1. The van der Waals surface area contributed by atoms with Gasteiger partial charge in [-0.2, -0.15) is 5.10 Å². The van der Waals surface area contributed by atoms with Crippen LogP contribution in [-0.4, -0.2) is 32.5 Å². The molecule has 0 unspecified atom stereocenters. The molecule has 0 fully saturated rings. The summed E-state index contributed by atoms with van der Waals surface area (Å²) in [7, 11) is 1.83. The number of thioether (sulfide) groups is 1. The summed E-state index contributed by atoms with van der Waals surface area (Å²) < 4.78 is 1.70. The van der Waals surface area contributed by atoms with Gasteiger partial charge in [-0.15, -0.1) is 0 Å². The maximum absolute atomic E-state index is 13.2. The molecule has 2 aromatic carbocycles. The zero-order valence-electron chi connectivity index (χ0n) is 17.9. The summed E-state index contributed by atoms with van der Waals surface area (Å²) >= 11 is 1.24. The Balaban J connectivity index is 1.51. The molecular formula is C24H23N5O2S. The van der Waals surface area contributed by atoms with Gasteiger partial charge >= 0.3 is 0 Å². The average Bonchev–Trinajstić information content (AvgIpc) is 3.29. The topological polar surface area (TPSA) is 79.6 Å². The lowest BCUT2D eigenvalue weighted by molar-refractivity contribution is -0.118. The smallest absolute Gasteiger partial charge is 0.283 e. The SMILES string of the molecule is Cc1nn(C)cc1C=C1N=C(SCC(=O)NCc2ccccc2)N(c2ccccc2)C1=O. The molecule has 0 aliphatic carbocycles. The number of hydrogen-bond acceptors (Lipinski definition) is 5. The van der Waals surface area contributed by atoms with Crippen molar-refractivity contribution in [3.63, 3.8) is 0 Å². The number of carbonyl (C=O) groups is 2. The second kappa shape index (κ2) is 9.65. The summed E-state index contributed by atoms with van der Waals surface area (Å²) in [5, 5.41) is 7.70. The van der Waals surface area contributed by atoms with Crippen LogP contribution in [0.15, 0.2) is 77.5 Å². The monoisotopic (exact) mass is 445 g/mol. The molecule has 8 heteroatoms. The molecule has 3 aromatic rings. The van der Waals surface area contributed by atoms with Gasteiger partial charge in [0, 0.05) is 25.4 Å². The first-order valence-corrected chi connectivity index (χ1v) is 11.1. The molecule has 4 rings (SSSR count). The van der Waals surface area contributed by atoms with Crippen LogP contribution in [0.3, 0.4) is 0 Å². The molecule has 0 spiro atoms. The maximum atomic E-state index is 13.2. The second-order valence-electron chi connectivity index (χ2n) is 7.29. The first-order chi connectivity index (χ1) is 15.5. The van der Waals surface area contributed by atoms with E-state index in [2.05, 4.69) is 15.4 Å². The maximum Gasteiger partial charge on any atom is 0.283 e. The van der Waals surface area contributed by atoms with E-state index >= 15 is 0 Å². The molecule has 1 aliphatic rings. The lowest BCUT2D eigenvalue weighted by atomic mass is 10.2. The number of rotatable bonds is 6. The van der Waals surface area contributed by atoms with E-state index in [1.165, 1.54) is 11.8 Å². The Bertz CT molecular complexity index is 1190. The molecule has 32 heavy (non-hydrogen) atoms. The third-order valence-corrected chi connectivity index (χ3v) is 5.79. The molecule has 0 radical (unpaired) electrons. The van der Waals surface area contributed by atoms with E-state index in [4.69, 9.17) is 0 Å². The van der Waals surface area contributed by atoms with Gasteiger partial charge in [-0.25, -0.2) is 4.99 Å². The summed E-state index contributed by atoms with van der Waals surface area (Å²) in [4.78, 5) is 31.7. The Labute approximate surface area is 190 Å². The summed E-state index contributed by atoms with van der Waals surface area (Å²) in [6, 6.07) is 19.0. The lowest BCUT2D eigenvalue weighted by Crippen LogP contribution is -2.32. The molecule has 162 valence electrons. The minimum Gasteiger partial charge on any atom is -0.351 e. The summed E-state index contributed by atoms with van der Waals surface area (Å²) in [5.41, 5.74) is 3.70. The molecular weight excluding hydrogens is 422 g/mol. The van der Waals surface area contributed by atoms with Crippen molar-refractivity contribution >= 4 is 40.5 Å². The molecule has 0 saturated carbocycles. The summed E-state index contributed by atoms with van der Waals surface area (Å²) in [6.45, 7) is 2.34. The molecule has 1 N–H and O–H groups in total. The number of carbonyl (C=O) groups excluding carboxylic acids is 2. The van der Waals surface area contributed by atoms with Crippen molar-refractivity contribution in [2.75, 3.05) is 10.7 Å². The molecule has 2 heterocycles. The van der Waals surface area contributed by atoms with Crippen LogP contribution in [0.25, 0.3) is 6.08 Å². The van der Waals surface area contributed by atoms with Crippen molar-refractivity contribution in [1.82, 2.24) is 15.1 Å². The quantitative estimate of drug-likeness (QED) is 0.589. The Morgan fingerprint density at radius 2 is 1.78 bits per heavy atom. The number of nitrogens with zero attached hydrogens (tertiary/aromatic N) is 4. The number of nitrogens with one attached hydrogen (secondary N) is 1. The Hall–Kier alpha value is -3.65. The van der Waals surface area contributed by atoms with E-state index in [0.29, 0.717) is 23.1 Å². The molecule has 0 atom stereocenters. The molecule has 7 nitrogen and oxygen atoms in total. The number of para-hydroxylation sites is 1. The van der Waals surface area contributed by atoms with E-state index < -0.39 is 0 Å². The molecule has 1 aliphatic heterocycles. The van der Waals surface area contributed by atoms with Gasteiger partial charge in [-0.05, 0) is 30.7 Å². The Morgan fingerprint density at radius 1 is 1.09 bits per heavy atom. The van der Waals surface area contributed by atoms with Crippen molar-refractivity contribution < 1.29 is 9.59 Å². The van der Waals surface area contributed by atoms with Crippen LogP contribution < -0.4 is 10.2 Å². The van der Waals surface area contributed by atoms with Crippen molar-refractivity contribution in [2.24, 2.45) is 12.0 Å². The number of aryl methyl sites for hydroxylation is 2. The van der Waals surface area contributed by atoms with Crippen LogP contribution in [-0.2, 0) is 23.2 Å². The predicted octanol–water partition coefficient (Wildman–Crippen LogP) is 3.52. The van der Waals surface area contributed by atoms with Crippen LogP contribution in [0, 0.1) is 6.92 Å². The molecule has 0 saturated heterocycles. The second-order valence-corrected chi connectivity index (χ2v) is 8.24. The molecule has 1 aromatic heterocycles. The largest absolute Gasteiger partial charge is 0.351 e. The summed E-state index contributed by atoms with van der Waals surface area (Å²) in [6.07, 6.45) is 3.59. The van der Waals surface area contributed by atoms with E-state index in [1.54, 1.807) is 15.7 Å². The van der Waals surface area contributed by atoms with Gasteiger partial charge in [-0.1, -0.05) is 60.3 Å². The van der Waals surface area contributed by atoms with Gasteiger partial charge in [0.05, 0.1) is 17.1 Å². The van der Waals surface area contributed by atoms with Gasteiger partial charge in [0.25, 0.3) is 5.91 Å². The third kappa shape index (κ3) is 4.97. The number of amides is 2. The fraction of sp³-hybridized carbons (Fsp3) is 0.167. The number of benzene rings is 2. The van der Waals surface area contributed by atoms with Gasteiger partial charge in [0.1, 0.15) is 5.70 Å². The van der Waals surface area contributed by atoms with Crippen LogP contribution in [0.1, 0.15) is 16.8 Å². The summed E-state index contributed by atoms with van der Waals surface area (Å²) in [5.74, 6) is -0.198. The number of aromatic nitrogens is 2. The fourth-order valence-corrected chi connectivity index (χ4v) is 4.13. The van der Waals surface area contributed by atoms with Crippen LogP contribution in [0.2, 0.25) is 0 Å². The van der Waals surface area contributed by atoms with Gasteiger partial charge in [-0.3, -0.25) is 19.2 Å². The Morgan fingerprint density at radius 3 is 2.44 bits per heavy atom. The Kier molecular flexibility index (Phi) is 6.51. The number of anilines is 1. The highest BCUT2D eigenvalue weighted by Crippen LogP contribution is 2.29. The molecule has 0 bridgehead atoms. The fourth-order valence-electron chi connectivity index (χ4n) is 3.28.